The van der Waals surface area contributed by atoms with E-state index >= 15 is 0 Å². The summed E-state index contributed by atoms with van der Waals surface area (Å²) < 4.78 is 45.9. The van der Waals surface area contributed by atoms with Gasteiger partial charge in [-0.15, -0.1) is 10.2 Å². The molecule has 2 aromatic rings. The van der Waals surface area contributed by atoms with Crippen LogP contribution in [0.25, 0.3) is 0 Å². The molecule has 10 heteroatoms. The Morgan fingerprint density at radius 1 is 1.17 bits per heavy atom. The molecule has 24 heavy (non-hydrogen) atoms. The average Bonchev–Trinajstić information content (AvgIpc) is 3.04. The molecule has 0 bridgehead atoms. The van der Waals surface area contributed by atoms with Crippen molar-refractivity contribution < 1.29 is 27.5 Å². The van der Waals surface area contributed by atoms with Gasteiger partial charge in [0.25, 0.3) is 0 Å². The van der Waals surface area contributed by atoms with Crippen LogP contribution in [0, 0.1) is 17.5 Å². The lowest BCUT2D eigenvalue weighted by Gasteiger charge is -2.09. The molecule has 1 heterocycles. The highest BCUT2D eigenvalue weighted by atomic mass is 19.2. The number of aromatic nitrogens is 3. The number of halogens is 3. The lowest BCUT2D eigenvalue weighted by atomic mass is 10.0. The Balaban J connectivity index is 2.39. The maximum atomic E-state index is 13.8. The van der Waals surface area contributed by atoms with Gasteiger partial charge in [0.05, 0.1) is 12.2 Å². The predicted molar refractivity (Wildman–Crippen MR) is 74.7 cm³/mol. The number of benzene rings is 1. The van der Waals surface area contributed by atoms with Crippen LogP contribution in [0.15, 0.2) is 36.6 Å². The molecule has 1 aromatic heterocycles. The summed E-state index contributed by atoms with van der Waals surface area (Å²) in [7, 11) is 0. The molecule has 0 atom stereocenters. The van der Waals surface area contributed by atoms with Crippen molar-refractivity contribution in [1.29, 1.82) is 0 Å². The van der Waals surface area contributed by atoms with Crippen LogP contribution < -0.4 is 5.43 Å². The van der Waals surface area contributed by atoms with E-state index in [4.69, 9.17) is 4.74 Å². The van der Waals surface area contributed by atoms with Crippen LogP contribution in [0.4, 0.5) is 13.2 Å². The van der Waals surface area contributed by atoms with Crippen molar-refractivity contribution in [2.45, 2.75) is 6.92 Å². The number of carbonyl (C=O) groups excluding carboxylic acids is 2. The van der Waals surface area contributed by atoms with E-state index in [0.29, 0.717) is 6.07 Å². The number of nitrogens with one attached hydrogen (secondary N) is 1. The van der Waals surface area contributed by atoms with E-state index in [0.717, 1.165) is 6.20 Å². The second kappa shape index (κ2) is 7.40. The minimum atomic E-state index is -1.45. The topological polar surface area (TPSA) is 86.1 Å². The van der Waals surface area contributed by atoms with Gasteiger partial charge in [0.15, 0.2) is 11.6 Å². The third kappa shape index (κ3) is 3.77. The first-order valence-corrected chi connectivity index (χ1v) is 6.61. The van der Waals surface area contributed by atoms with Crippen LogP contribution in [0.5, 0.6) is 0 Å². The van der Waals surface area contributed by atoms with Crippen LogP contribution >= 0.6 is 0 Å². The van der Waals surface area contributed by atoms with E-state index in [-0.39, 0.29) is 12.7 Å². The van der Waals surface area contributed by atoms with Crippen molar-refractivity contribution in [3.05, 3.63) is 59.6 Å². The van der Waals surface area contributed by atoms with Gasteiger partial charge in [0.1, 0.15) is 24.0 Å². The SMILES string of the molecule is CCOC(=O)/C(=C/Nn1cnnc1)C(=O)c1cc(F)c(F)cc1F. The van der Waals surface area contributed by atoms with Gasteiger partial charge in [-0.05, 0) is 13.0 Å². The first-order chi connectivity index (χ1) is 11.4. The number of nitrogens with zero attached hydrogens (tertiary/aromatic N) is 3. The predicted octanol–water partition coefficient (Wildman–Crippen LogP) is 1.57. The molecule has 7 nitrogen and oxygen atoms in total. The Morgan fingerprint density at radius 3 is 2.42 bits per heavy atom. The fraction of sp³-hybridized carbons (Fsp3) is 0.143. The monoisotopic (exact) mass is 340 g/mol. The standard InChI is InChI=1S/C14H11F3N4O3/c1-2-24-14(23)9(5-20-21-6-18-19-7-21)13(22)8-3-11(16)12(17)4-10(8)15/h3-7,20H,2H2,1H3/b9-5+. The third-order valence-corrected chi connectivity index (χ3v) is 2.77. The van der Waals surface area contributed by atoms with E-state index in [1.165, 1.54) is 24.3 Å². The molecule has 0 saturated heterocycles. The Hall–Kier alpha value is -3.17. The molecule has 0 radical (unpaired) electrons. The van der Waals surface area contributed by atoms with Crippen molar-refractivity contribution in [2.24, 2.45) is 0 Å². The van der Waals surface area contributed by atoms with Gasteiger partial charge in [-0.2, -0.15) is 0 Å². The molecule has 0 aliphatic heterocycles. The van der Waals surface area contributed by atoms with Crippen molar-refractivity contribution in [1.82, 2.24) is 14.9 Å². The van der Waals surface area contributed by atoms with Crippen molar-refractivity contribution in [2.75, 3.05) is 12.0 Å². The molecule has 0 aliphatic rings. The Bertz CT molecular complexity index is 791. The largest absolute Gasteiger partial charge is 0.462 e. The lowest BCUT2D eigenvalue weighted by molar-refractivity contribution is -0.138. The number of Topliss-reactive ketones (excluding diaryl/α,β-unsaturated/α-hetero) is 1. The molecule has 0 aliphatic carbocycles. The normalized spacial score (nSPS) is 11.2. The smallest absolute Gasteiger partial charge is 0.343 e. The molecular weight excluding hydrogens is 329 g/mol. The highest BCUT2D eigenvalue weighted by Crippen LogP contribution is 2.18. The Labute approximate surface area is 133 Å². The Kier molecular flexibility index (Phi) is 5.30. The van der Waals surface area contributed by atoms with Gasteiger partial charge in [-0.3, -0.25) is 10.2 Å². The van der Waals surface area contributed by atoms with Crippen molar-refractivity contribution in [3.8, 4) is 0 Å². The minimum absolute atomic E-state index is 0.0453. The van der Waals surface area contributed by atoms with Crippen LogP contribution in [-0.2, 0) is 9.53 Å². The molecule has 0 fully saturated rings. The second-order valence-electron chi connectivity index (χ2n) is 4.35. The quantitative estimate of drug-likeness (QED) is 0.215. The van der Waals surface area contributed by atoms with Gasteiger partial charge >= 0.3 is 5.97 Å². The molecule has 2 rings (SSSR count). The molecule has 1 aromatic carbocycles. The van der Waals surface area contributed by atoms with E-state index in [1.54, 1.807) is 0 Å². The lowest BCUT2D eigenvalue weighted by Crippen LogP contribution is -2.20. The molecular formula is C14H11F3N4O3. The number of hydrogen-bond acceptors (Lipinski definition) is 6. The number of esters is 1. The Morgan fingerprint density at radius 2 is 1.79 bits per heavy atom. The minimum Gasteiger partial charge on any atom is -0.462 e. The summed E-state index contributed by atoms with van der Waals surface area (Å²) in [6, 6.07) is 0.595. The van der Waals surface area contributed by atoms with Gasteiger partial charge in [-0.25, -0.2) is 22.6 Å². The molecule has 1 N–H and O–H groups in total. The molecule has 0 saturated carbocycles. The van der Waals surface area contributed by atoms with E-state index in [9.17, 15) is 22.8 Å². The number of carbonyl (C=O) groups is 2. The maximum Gasteiger partial charge on any atom is 0.343 e. The summed E-state index contributed by atoms with van der Waals surface area (Å²) in [6.45, 7) is 1.46. The number of ether oxygens (including phenoxy) is 1. The number of rotatable bonds is 6. The van der Waals surface area contributed by atoms with Crippen LogP contribution in [0.2, 0.25) is 0 Å². The summed E-state index contributed by atoms with van der Waals surface area (Å²) in [4.78, 5) is 24.2. The zero-order chi connectivity index (χ0) is 17.7. The molecule has 0 amide bonds. The van der Waals surface area contributed by atoms with Crippen LogP contribution in [-0.4, -0.2) is 33.2 Å². The summed E-state index contributed by atoms with van der Waals surface area (Å²) in [6.07, 6.45) is 3.37. The number of hydrogen-bond donors (Lipinski definition) is 1. The van der Waals surface area contributed by atoms with Crippen LogP contribution in [0.3, 0.4) is 0 Å². The molecule has 126 valence electrons. The molecule has 0 unspecified atom stereocenters. The number of ketones is 1. The van der Waals surface area contributed by atoms with Crippen LogP contribution in [0.1, 0.15) is 17.3 Å². The fourth-order valence-electron chi connectivity index (χ4n) is 1.67. The van der Waals surface area contributed by atoms with Gasteiger partial charge in [-0.1, -0.05) is 0 Å². The van der Waals surface area contributed by atoms with E-state index in [2.05, 4.69) is 15.6 Å². The third-order valence-electron chi connectivity index (χ3n) is 2.77. The summed E-state index contributed by atoms with van der Waals surface area (Å²) in [5, 5.41) is 6.98. The summed E-state index contributed by atoms with van der Waals surface area (Å²) >= 11 is 0. The maximum absolute atomic E-state index is 13.8. The zero-order valence-corrected chi connectivity index (χ0v) is 12.3. The molecule has 0 spiro atoms. The average molecular weight is 340 g/mol. The van der Waals surface area contributed by atoms with Crippen molar-refractivity contribution in [3.63, 3.8) is 0 Å². The first-order valence-electron chi connectivity index (χ1n) is 6.61. The van der Waals surface area contributed by atoms with Gasteiger partial charge in [0, 0.05) is 12.3 Å². The summed E-state index contributed by atoms with van der Waals surface area (Å²) in [5.41, 5.74) is 1.06. The zero-order valence-electron chi connectivity index (χ0n) is 12.3. The van der Waals surface area contributed by atoms with Gasteiger partial charge in [0.2, 0.25) is 5.78 Å². The summed E-state index contributed by atoms with van der Waals surface area (Å²) in [5.74, 6) is -6.42. The fourth-order valence-corrected chi connectivity index (χ4v) is 1.67. The van der Waals surface area contributed by atoms with E-state index < -0.39 is 40.3 Å². The first kappa shape index (κ1) is 17.2. The second-order valence-corrected chi connectivity index (χ2v) is 4.35. The highest BCUT2D eigenvalue weighted by molar-refractivity contribution is 6.24. The van der Waals surface area contributed by atoms with E-state index in [1.807, 2.05) is 0 Å². The van der Waals surface area contributed by atoms with Gasteiger partial charge < -0.3 is 4.74 Å². The van der Waals surface area contributed by atoms with Crippen molar-refractivity contribution >= 4 is 11.8 Å². The highest BCUT2D eigenvalue weighted by Gasteiger charge is 2.25.